The summed E-state index contributed by atoms with van der Waals surface area (Å²) < 4.78 is 1.53. The van der Waals surface area contributed by atoms with Gasteiger partial charge in [-0.05, 0) is 54.4 Å². The van der Waals surface area contributed by atoms with E-state index in [-0.39, 0.29) is 23.6 Å². The van der Waals surface area contributed by atoms with Gasteiger partial charge in [-0.3, -0.25) is 19.4 Å². The second-order valence-corrected chi connectivity index (χ2v) is 7.92. The highest BCUT2D eigenvalue weighted by Gasteiger charge is 2.13. The fourth-order valence-corrected chi connectivity index (χ4v) is 3.58. The molecule has 0 aliphatic carbocycles. The first kappa shape index (κ1) is 22.7. The van der Waals surface area contributed by atoms with E-state index in [1.165, 1.54) is 10.6 Å². The third-order valence-electron chi connectivity index (χ3n) is 5.28. The molecule has 2 aromatic carbocycles. The average Bonchev–Trinajstić information content (AvgIpc) is 2.85. The van der Waals surface area contributed by atoms with Crippen LogP contribution in [-0.4, -0.2) is 21.4 Å². The quantitative estimate of drug-likeness (QED) is 0.446. The minimum Gasteiger partial charge on any atom is -0.348 e. The van der Waals surface area contributed by atoms with Crippen molar-refractivity contribution in [2.45, 2.75) is 20.0 Å². The molecule has 34 heavy (non-hydrogen) atoms. The molecular formula is C27H24N4O3. The molecule has 7 heteroatoms. The van der Waals surface area contributed by atoms with Crippen molar-refractivity contribution in [2.24, 2.45) is 0 Å². The lowest BCUT2D eigenvalue weighted by molar-refractivity contribution is 0.0947. The van der Waals surface area contributed by atoms with Gasteiger partial charge in [-0.2, -0.15) is 0 Å². The van der Waals surface area contributed by atoms with E-state index in [1.807, 2.05) is 37.3 Å². The number of nitrogens with zero attached hydrogens (tertiary/aromatic N) is 2. The van der Waals surface area contributed by atoms with E-state index < -0.39 is 5.91 Å². The van der Waals surface area contributed by atoms with Crippen LogP contribution in [0.15, 0.2) is 96.2 Å². The number of benzene rings is 2. The lowest BCUT2D eigenvalue weighted by Crippen LogP contribution is -2.32. The molecule has 170 valence electrons. The Morgan fingerprint density at radius 1 is 0.882 bits per heavy atom. The van der Waals surface area contributed by atoms with Gasteiger partial charge in [-0.1, -0.05) is 42.0 Å². The first-order valence-electron chi connectivity index (χ1n) is 10.8. The van der Waals surface area contributed by atoms with Gasteiger partial charge in [0.15, 0.2) is 0 Å². The molecule has 0 aliphatic rings. The number of hydrogen-bond donors (Lipinski definition) is 2. The summed E-state index contributed by atoms with van der Waals surface area (Å²) in [6, 6.07) is 21.6. The molecule has 7 nitrogen and oxygen atoms in total. The third-order valence-corrected chi connectivity index (χ3v) is 5.28. The highest BCUT2D eigenvalue weighted by atomic mass is 16.2. The Balaban J connectivity index is 1.41. The maximum absolute atomic E-state index is 12.9. The number of nitrogens with one attached hydrogen (secondary N) is 2. The summed E-state index contributed by atoms with van der Waals surface area (Å²) in [7, 11) is 0. The van der Waals surface area contributed by atoms with E-state index in [0.717, 1.165) is 16.7 Å². The van der Waals surface area contributed by atoms with E-state index in [1.54, 1.807) is 55.0 Å². The van der Waals surface area contributed by atoms with Gasteiger partial charge in [-0.25, -0.2) is 0 Å². The Hall–Kier alpha value is -4.52. The highest BCUT2D eigenvalue weighted by molar-refractivity contribution is 6.04. The Morgan fingerprint density at radius 2 is 1.65 bits per heavy atom. The second kappa shape index (κ2) is 10.4. The Morgan fingerprint density at radius 3 is 2.44 bits per heavy atom. The summed E-state index contributed by atoms with van der Waals surface area (Å²) in [5, 5.41) is 5.62. The van der Waals surface area contributed by atoms with Crippen LogP contribution in [0.3, 0.4) is 0 Å². The van der Waals surface area contributed by atoms with E-state index in [9.17, 15) is 14.4 Å². The molecular weight excluding hydrogens is 428 g/mol. The number of hydrogen-bond acceptors (Lipinski definition) is 4. The zero-order chi connectivity index (χ0) is 23.9. The second-order valence-electron chi connectivity index (χ2n) is 7.92. The molecule has 0 bridgehead atoms. The molecule has 4 aromatic rings. The molecule has 2 amide bonds. The monoisotopic (exact) mass is 452 g/mol. The normalized spacial score (nSPS) is 10.5. The van der Waals surface area contributed by atoms with Crippen LogP contribution in [0, 0.1) is 6.92 Å². The molecule has 0 saturated heterocycles. The predicted octanol–water partition coefficient (Wildman–Crippen LogP) is 3.78. The van der Waals surface area contributed by atoms with Crippen molar-refractivity contribution in [3.63, 3.8) is 0 Å². The number of carbonyl (C=O) groups is 2. The van der Waals surface area contributed by atoms with Crippen LogP contribution in [0.1, 0.15) is 37.4 Å². The Kier molecular flexibility index (Phi) is 6.93. The molecule has 0 fully saturated rings. The minimum absolute atomic E-state index is 0.0808. The molecule has 0 spiro atoms. The van der Waals surface area contributed by atoms with Gasteiger partial charge in [0.05, 0.1) is 6.54 Å². The smallest absolute Gasteiger partial charge is 0.263 e. The van der Waals surface area contributed by atoms with E-state index >= 15 is 0 Å². The fourth-order valence-electron chi connectivity index (χ4n) is 3.58. The van der Waals surface area contributed by atoms with Gasteiger partial charge >= 0.3 is 0 Å². The zero-order valence-corrected chi connectivity index (χ0v) is 18.7. The summed E-state index contributed by atoms with van der Waals surface area (Å²) in [4.78, 5) is 41.9. The maximum atomic E-state index is 12.9. The number of aromatic nitrogens is 2. The van der Waals surface area contributed by atoms with Crippen molar-refractivity contribution < 1.29 is 9.59 Å². The van der Waals surface area contributed by atoms with E-state index in [4.69, 9.17) is 0 Å². The highest BCUT2D eigenvalue weighted by Crippen LogP contribution is 2.12. The van der Waals surface area contributed by atoms with E-state index in [2.05, 4.69) is 15.6 Å². The number of amides is 2. The molecule has 2 aromatic heterocycles. The lowest BCUT2D eigenvalue weighted by Gasteiger charge is -2.10. The largest absolute Gasteiger partial charge is 0.348 e. The summed E-state index contributed by atoms with van der Waals surface area (Å²) in [6.45, 7) is 2.60. The van der Waals surface area contributed by atoms with Gasteiger partial charge in [0, 0.05) is 36.4 Å². The summed E-state index contributed by atoms with van der Waals surface area (Å²) in [6.07, 6.45) is 4.79. The summed E-state index contributed by atoms with van der Waals surface area (Å²) in [5.74, 6) is -0.697. The average molecular weight is 453 g/mol. The summed E-state index contributed by atoms with van der Waals surface area (Å²) in [5.41, 5.74) is 3.73. The van der Waals surface area contributed by atoms with Crippen LogP contribution >= 0.6 is 0 Å². The minimum atomic E-state index is -0.449. The molecule has 0 unspecified atom stereocenters. The van der Waals surface area contributed by atoms with Gasteiger partial charge in [0.2, 0.25) is 0 Å². The number of anilines is 1. The number of aryl methyl sites for hydroxylation is 1. The third kappa shape index (κ3) is 5.63. The number of pyridine rings is 2. The van der Waals surface area contributed by atoms with E-state index in [0.29, 0.717) is 17.8 Å². The van der Waals surface area contributed by atoms with Gasteiger partial charge in [0.25, 0.3) is 17.4 Å². The van der Waals surface area contributed by atoms with Crippen molar-refractivity contribution in [2.75, 3.05) is 5.32 Å². The van der Waals surface area contributed by atoms with Crippen molar-refractivity contribution in [1.29, 1.82) is 0 Å². The lowest BCUT2D eigenvalue weighted by atomic mass is 10.1. The van der Waals surface area contributed by atoms with Crippen molar-refractivity contribution in [3.05, 3.63) is 130 Å². The molecule has 2 N–H and O–H groups in total. The maximum Gasteiger partial charge on any atom is 0.263 e. The van der Waals surface area contributed by atoms with Crippen LogP contribution in [0.25, 0.3) is 0 Å². The first-order chi connectivity index (χ1) is 16.5. The number of rotatable bonds is 7. The molecule has 0 saturated carbocycles. The molecule has 2 heterocycles. The summed E-state index contributed by atoms with van der Waals surface area (Å²) >= 11 is 0. The van der Waals surface area contributed by atoms with Gasteiger partial charge in [0.1, 0.15) is 5.56 Å². The van der Waals surface area contributed by atoms with Crippen LogP contribution in [0.2, 0.25) is 0 Å². The van der Waals surface area contributed by atoms with Crippen molar-refractivity contribution in [3.8, 4) is 0 Å². The van der Waals surface area contributed by atoms with Crippen LogP contribution < -0.4 is 16.2 Å². The Labute approximate surface area is 197 Å². The van der Waals surface area contributed by atoms with Gasteiger partial charge < -0.3 is 15.2 Å². The topological polar surface area (TPSA) is 93.1 Å². The van der Waals surface area contributed by atoms with Crippen LogP contribution in [0.4, 0.5) is 5.69 Å². The Bertz CT molecular complexity index is 1380. The molecule has 0 atom stereocenters. The number of carbonyl (C=O) groups excluding carboxylic acids is 2. The first-order valence-corrected chi connectivity index (χ1v) is 10.8. The van der Waals surface area contributed by atoms with Gasteiger partial charge in [-0.15, -0.1) is 0 Å². The zero-order valence-electron chi connectivity index (χ0n) is 18.7. The standard InChI is InChI=1S/C27H24N4O3/c1-19-5-2-7-21(15-19)18-31-14-4-9-24(27(31)34)26(33)29-17-20-6-3-8-23(16-20)30-25(32)22-10-12-28-13-11-22/h2-16H,17-18H2,1H3,(H,29,33)(H,30,32). The predicted molar refractivity (Wildman–Crippen MR) is 131 cm³/mol. The SMILES string of the molecule is Cc1cccc(Cn2cccc(C(=O)NCc3cccc(NC(=O)c4ccncc4)c3)c2=O)c1. The van der Waals surface area contributed by atoms with Crippen LogP contribution in [-0.2, 0) is 13.1 Å². The molecule has 0 aliphatic heterocycles. The van der Waals surface area contributed by atoms with Crippen molar-refractivity contribution in [1.82, 2.24) is 14.9 Å². The fraction of sp³-hybridized carbons (Fsp3) is 0.111. The van der Waals surface area contributed by atoms with Crippen molar-refractivity contribution >= 4 is 17.5 Å². The molecule has 4 rings (SSSR count). The molecule has 0 radical (unpaired) electrons. The van der Waals surface area contributed by atoms with Crippen LogP contribution in [0.5, 0.6) is 0 Å².